The first kappa shape index (κ1) is 12.9. The number of hydrogen-bond donors (Lipinski definition) is 1. The minimum atomic E-state index is 0.725. The Labute approximate surface area is 111 Å². The van der Waals surface area contributed by atoms with Crippen LogP contribution in [0.5, 0.6) is 0 Å². The molecule has 0 aliphatic carbocycles. The van der Waals surface area contributed by atoms with Crippen LogP contribution in [-0.4, -0.2) is 28.5 Å². The molecular formula is C12H17N5S. The summed E-state index contributed by atoms with van der Waals surface area (Å²) in [5.41, 5.74) is 3.98. The fourth-order valence-corrected chi connectivity index (χ4v) is 2.08. The Balaban J connectivity index is 1.96. The average molecular weight is 263 g/mol. The normalized spacial score (nSPS) is 10.6. The highest BCUT2D eigenvalue weighted by Gasteiger charge is 2.06. The summed E-state index contributed by atoms with van der Waals surface area (Å²) in [5.74, 6) is 0.725. The molecule has 0 unspecified atom stereocenters. The van der Waals surface area contributed by atoms with E-state index in [1.807, 2.05) is 35.2 Å². The summed E-state index contributed by atoms with van der Waals surface area (Å²) in [6.07, 6.45) is 3.73. The Hall–Kier alpha value is -1.53. The van der Waals surface area contributed by atoms with Crippen molar-refractivity contribution in [2.45, 2.75) is 20.0 Å². The van der Waals surface area contributed by atoms with Gasteiger partial charge in [0.1, 0.15) is 0 Å². The van der Waals surface area contributed by atoms with Gasteiger partial charge >= 0.3 is 0 Å². The molecule has 2 aromatic heterocycles. The molecule has 0 aromatic carbocycles. The van der Waals surface area contributed by atoms with Gasteiger partial charge in [-0.15, -0.1) is 11.3 Å². The summed E-state index contributed by atoms with van der Waals surface area (Å²) in [5, 5.41) is 5.29. The monoisotopic (exact) mass is 263 g/mol. The summed E-state index contributed by atoms with van der Waals surface area (Å²) in [4.78, 5) is 15.0. The van der Waals surface area contributed by atoms with Gasteiger partial charge < -0.3 is 10.2 Å². The highest BCUT2D eigenvalue weighted by atomic mass is 32.1. The van der Waals surface area contributed by atoms with Gasteiger partial charge in [-0.05, 0) is 6.54 Å². The SMILES string of the molecule is CCNCc1cnc(N(C)Cc2cscn2)nc1. The second kappa shape index (κ2) is 6.42. The maximum absolute atomic E-state index is 4.36. The molecule has 1 N–H and O–H groups in total. The molecular weight excluding hydrogens is 246 g/mol. The first-order chi connectivity index (χ1) is 8.79. The zero-order valence-corrected chi connectivity index (χ0v) is 11.4. The van der Waals surface area contributed by atoms with Crippen LogP contribution in [0, 0.1) is 0 Å². The van der Waals surface area contributed by atoms with E-state index in [9.17, 15) is 0 Å². The molecule has 2 heterocycles. The van der Waals surface area contributed by atoms with Crippen LogP contribution in [0.2, 0.25) is 0 Å². The Bertz CT molecular complexity index is 454. The second-order valence-corrected chi connectivity index (χ2v) is 4.73. The van der Waals surface area contributed by atoms with Gasteiger partial charge in [0.25, 0.3) is 0 Å². The lowest BCUT2D eigenvalue weighted by atomic mass is 10.3. The molecule has 0 radical (unpaired) electrons. The molecule has 2 rings (SSSR count). The van der Waals surface area contributed by atoms with E-state index >= 15 is 0 Å². The Morgan fingerprint density at radius 2 is 2.06 bits per heavy atom. The van der Waals surface area contributed by atoms with Crippen molar-refractivity contribution < 1.29 is 0 Å². The van der Waals surface area contributed by atoms with E-state index in [4.69, 9.17) is 0 Å². The van der Waals surface area contributed by atoms with E-state index in [0.717, 1.165) is 36.8 Å². The van der Waals surface area contributed by atoms with Gasteiger partial charge in [0.2, 0.25) is 5.95 Å². The smallest absolute Gasteiger partial charge is 0.225 e. The van der Waals surface area contributed by atoms with Crippen LogP contribution in [0.25, 0.3) is 0 Å². The molecule has 0 amide bonds. The highest BCUT2D eigenvalue weighted by molar-refractivity contribution is 7.07. The highest BCUT2D eigenvalue weighted by Crippen LogP contribution is 2.10. The summed E-state index contributed by atoms with van der Waals surface area (Å²) in [6, 6.07) is 0. The number of aromatic nitrogens is 3. The fraction of sp³-hybridized carbons (Fsp3) is 0.417. The van der Waals surface area contributed by atoms with E-state index in [1.165, 1.54) is 0 Å². The summed E-state index contributed by atoms with van der Waals surface area (Å²) in [7, 11) is 1.97. The first-order valence-electron chi connectivity index (χ1n) is 5.89. The number of nitrogens with one attached hydrogen (secondary N) is 1. The largest absolute Gasteiger partial charge is 0.338 e. The van der Waals surface area contributed by atoms with Crippen LogP contribution in [0.1, 0.15) is 18.2 Å². The molecule has 0 bridgehead atoms. The van der Waals surface area contributed by atoms with Crippen molar-refractivity contribution in [2.75, 3.05) is 18.5 Å². The van der Waals surface area contributed by atoms with Crippen molar-refractivity contribution in [1.29, 1.82) is 0 Å². The molecule has 96 valence electrons. The molecule has 2 aromatic rings. The van der Waals surface area contributed by atoms with Crippen molar-refractivity contribution in [3.05, 3.63) is 34.5 Å². The third-order valence-electron chi connectivity index (χ3n) is 2.49. The molecule has 5 nitrogen and oxygen atoms in total. The molecule has 0 aliphatic rings. The van der Waals surface area contributed by atoms with Gasteiger partial charge in [0.15, 0.2) is 0 Å². The number of thiazole rings is 1. The van der Waals surface area contributed by atoms with Crippen LogP contribution >= 0.6 is 11.3 Å². The standard InChI is InChI=1S/C12H17N5S/c1-3-13-4-10-5-14-12(15-6-10)17(2)7-11-8-18-9-16-11/h5-6,8-9,13H,3-4,7H2,1-2H3. The predicted octanol–water partition coefficient (Wildman–Crippen LogP) is 1.68. The quantitative estimate of drug-likeness (QED) is 0.859. The van der Waals surface area contributed by atoms with Crippen LogP contribution in [0.15, 0.2) is 23.3 Å². The molecule has 6 heteroatoms. The van der Waals surface area contributed by atoms with Crippen molar-refractivity contribution in [3.8, 4) is 0 Å². The molecule has 18 heavy (non-hydrogen) atoms. The topological polar surface area (TPSA) is 53.9 Å². The first-order valence-corrected chi connectivity index (χ1v) is 6.83. The van der Waals surface area contributed by atoms with Gasteiger partial charge in [-0.25, -0.2) is 15.0 Å². The number of rotatable bonds is 6. The van der Waals surface area contributed by atoms with Gasteiger partial charge in [0, 0.05) is 36.9 Å². The Morgan fingerprint density at radius 3 is 2.67 bits per heavy atom. The third-order valence-corrected chi connectivity index (χ3v) is 3.13. The Morgan fingerprint density at radius 1 is 1.28 bits per heavy atom. The Kier molecular flexibility index (Phi) is 4.60. The van der Waals surface area contributed by atoms with Crippen molar-refractivity contribution in [1.82, 2.24) is 20.3 Å². The van der Waals surface area contributed by atoms with E-state index in [0.29, 0.717) is 0 Å². The second-order valence-electron chi connectivity index (χ2n) is 4.01. The maximum Gasteiger partial charge on any atom is 0.225 e. The van der Waals surface area contributed by atoms with Gasteiger partial charge in [-0.3, -0.25) is 0 Å². The predicted molar refractivity (Wildman–Crippen MR) is 73.6 cm³/mol. The van der Waals surface area contributed by atoms with Crippen molar-refractivity contribution >= 4 is 17.3 Å². The average Bonchev–Trinajstić information content (AvgIpc) is 2.89. The van der Waals surface area contributed by atoms with Gasteiger partial charge in [-0.2, -0.15) is 0 Å². The van der Waals surface area contributed by atoms with E-state index in [1.54, 1.807) is 11.3 Å². The summed E-state index contributed by atoms with van der Waals surface area (Å²) in [6.45, 7) is 4.57. The maximum atomic E-state index is 4.36. The number of anilines is 1. The minimum absolute atomic E-state index is 0.725. The molecule has 0 aliphatic heterocycles. The molecule has 0 saturated carbocycles. The van der Waals surface area contributed by atoms with Crippen LogP contribution < -0.4 is 10.2 Å². The zero-order chi connectivity index (χ0) is 12.8. The van der Waals surface area contributed by atoms with E-state index in [-0.39, 0.29) is 0 Å². The van der Waals surface area contributed by atoms with E-state index < -0.39 is 0 Å². The number of hydrogen-bond acceptors (Lipinski definition) is 6. The summed E-state index contributed by atoms with van der Waals surface area (Å²) >= 11 is 1.60. The van der Waals surface area contributed by atoms with Crippen LogP contribution in [0.4, 0.5) is 5.95 Å². The lowest BCUT2D eigenvalue weighted by Crippen LogP contribution is -2.19. The van der Waals surface area contributed by atoms with Crippen molar-refractivity contribution in [3.63, 3.8) is 0 Å². The van der Waals surface area contributed by atoms with Crippen LogP contribution in [-0.2, 0) is 13.1 Å². The zero-order valence-electron chi connectivity index (χ0n) is 10.6. The van der Waals surface area contributed by atoms with E-state index in [2.05, 4.69) is 27.2 Å². The lowest BCUT2D eigenvalue weighted by Gasteiger charge is -2.15. The molecule has 0 spiro atoms. The van der Waals surface area contributed by atoms with Gasteiger partial charge in [-0.1, -0.05) is 6.92 Å². The van der Waals surface area contributed by atoms with Gasteiger partial charge in [0.05, 0.1) is 17.7 Å². The lowest BCUT2D eigenvalue weighted by molar-refractivity contribution is 0.719. The number of nitrogens with zero attached hydrogens (tertiary/aromatic N) is 4. The molecule has 0 fully saturated rings. The molecule has 0 saturated heterocycles. The molecule has 0 atom stereocenters. The third kappa shape index (κ3) is 3.48. The van der Waals surface area contributed by atoms with Crippen LogP contribution in [0.3, 0.4) is 0 Å². The van der Waals surface area contributed by atoms with Crippen molar-refractivity contribution in [2.24, 2.45) is 0 Å². The fourth-order valence-electron chi connectivity index (χ4n) is 1.54. The minimum Gasteiger partial charge on any atom is -0.338 e. The summed E-state index contributed by atoms with van der Waals surface area (Å²) < 4.78 is 0.